The molecule has 2 aromatic carbocycles. The van der Waals surface area contributed by atoms with Gasteiger partial charge in [0.2, 0.25) is 0 Å². The van der Waals surface area contributed by atoms with E-state index < -0.39 is 50.2 Å². The van der Waals surface area contributed by atoms with E-state index in [1.54, 1.807) is 32.9 Å². The van der Waals surface area contributed by atoms with Crippen molar-refractivity contribution in [3.05, 3.63) is 64.2 Å². The summed E-state index contributed by atoms with van der Waals surface area (Å²) in [6.45, 7) is 16.1. The van der Waals surface area contributed by atoms with Gasteiger partial charge < -0.3 is 24.5 Å². The van der Waals surface area contributed by atoms with Crippen LogP contribution in [0.5, 0.6) is 0 Å². The van der Waals surface area contributed by atoms with Crippen LogP contribution in [0.2, 0.25) is 23.2 Å². The monoisotopic (exact) mass is 630 g/mol. The number of benzene rings is 2. The Labute approximate surface area is 252 Å². The molecule has 12 heteroatoms. The predicted octanol–water partition coefficient (Wildman–Crippen LogP) is 8.40. The normalized spacial score (nSPS) is 13.4. The molecule has 0 aliphatic carbocycles. The molecule has 0 aliphatic rings. The summed E-state index contributed by atoms with van der Waals surface area (Å²) in [5.74, 6) is -1.36. The van der Waals surface area contributed by atoms with E-state index in [0.29, 0.717) is 5.02 Å². The molecule has 0 spiro atoms. The van der Waals surface area contributed by atoms with Crippen molar-refractivity contribution in [3.63, 3.8) is 0 Å². The van der Waals surface area contributed by atoms with Crippen LogP contribution in [0.3, 0.4) is 0 Å². The van der Waals surface area contributed by atoms with E-state index >= 15 is 0 Å². The van der Waals surface area contributed by atoms with Crippen LogP contribution in [-0.2, 0) is 26.6 Å². The molecule has 0 heterocycles. The smallest absolute Gasteiger partial charge is 0.416 e. The fourth-order valence-corrected chi connectivity index (χ4v) is 5.31. The number of carbonyl (C=O) groups excluding carboxylic acids is 1. The summed E-state index contributed by atoms with van der Waals surface area (Å²) in [5.41, 5.74) is -1.20. The van der Waals surface area contributed by atoms with Gasteiger partial charge in [0.05, 0.1) is 24.6 Å². The Morgan fingerprint density at radius 1 is 1.05 bits per heavy atom. The van der Waals surface area contributed by atoms with Gasteiger partial charge in [0, 0.05) is 23.8 Å². The highest BCUT2D eigenvalue weighted by atomic mass is 35.5. The lowest BCUT2D eigenvalue weighted by atomic mass is 10.0. The van der Waals surface area contributed by atoms with Gasteiger partial charge in [-0.15, -0.1) is 0 Å². The lowest BCUT2D eigenvalue weighted by Crippen LogP contribution is -2.46. The van der Waals surface area contributed by atoms with Gasteiger partial charge in [0.15, 0.2) is 8.32 Å². The fourth-order valence-electron chi connectivity index (χ4n) is 3.84. The van der Waals surface area contributed by atoms with Crippen LogP contribution in [0, 0.1) is 0 Å². The first kappa shape index (κ1) is 35.4. The number of carboxylic acid groups (broad SMARTS) is 1. The summed E-state index contributed by atoms with van der Waals surface area (Å²) in [4.78, 5) is 25.9. The van der Waals surface area contributed by atoms with Crippen LogP contribution >= 0.6 is 11.6 Å². The topological polar surface area (TPSA) is 88.1 Å². The second kappa shape index (κ2) is 13.7. The summed E-state index contributed by atoms with van der Waals surface area (Å²) in [5, 5.41) is 12.3. The molecule has 1 amide bonds. The Morgan fingerprint density at radius 2 is 1.69 bits per heavy atom. The van der Waals surface area contributed by atoms with Crippen molar-refractivity contribution in [1.82, 2.24) is 4.90 Å². The zero-order valence-electron chi connectivity index (χ0n) is 25.5. The number of nitrogens with zero attached hydrogens (tertiary/aromatic N) is 1. The number of carboxylic acids is 1. The SMILES string of the molecule is CC(C)(C)OC(=O)N(CCNc1ccc(CC(=O)O)c(C(F)(F)F)c1)CC(O[Si](C)(C)C(C)(C)C)c1cccc(Cl)c1. The molecule has 0 aliphatic heterocycles. The molecule has 2 aromatic rings. The molecule has 1 atom stereocenters. The first-order valence-corrected chi connectivity index (χ1v) is 16.9. The number of nitrogens with one attached hydrogen (secondary N) is 1. The molecule has 1 unspecified atom stereocenters. The van der Waals surface area contributed by atoms with Crippen LogP contribution in [0.15, 0.2) is 42.5 Å². The molecular formula is C30H42ClF3N2O5Si. The first-order valence-electron chi connectivity index (χ1n) is 13.7. The number of halogens is 4. The Kier molecular flexibility index (Phi) is 11.5. The van der Waals surface area contributed by atoms with Gasteiger partial charge in [-0.3, -0.25) is 4.79 Å². The molecular weight excluding hydrogens is 589 g/mol. The van der Waals surface area contributed by atoms with E-state index in [2.05, 4.69) is 39.2 Å². The van der Waals surface area contributed by atoms with Crippen molar-refractivity contribution in [1.29, 1.82) is 0 Å². The largest absolute Gasteiger partial charge is 0.481 e. The highest BCUT2D eigenvalue weighted by molar-refractivity contribution is 6.74. The standard InChI is InChI=1S/C30H42ClF3N2O5Si/c1-28(2,3)40-27(39)36(15-14-35-23-13-12-20(17-26(37)38)24(18-23)30(32,33)34)19-25(21-10-9-11-22(31)16-21)41-42(7,8)29(4,5)6/h9-13,16,18,25,35H,14-15,17,19H2,1-8H3,(H,37,38). The number of amides is 1. The number of carbonyl (C=O) groups is 2. The van der Waals surface area contributed by atoms with Gasteiger partial charge in [-0.05, 0) is 74.3 Å². The Morgan fingerprint density at radius 3 is 2.21 bits per heavy atom. The third-order valence-electron chi connectivity index (χ3n) is 6.97. The maximum atomic E-state index is 13.6. The van der Waals surface area contributed by atoms with Crippen molar-refractivity contribution in [3.8, 4) is 0 Å². The quantitative estimate of drug-likeness (QED) is 0.242. The lowest BCUT2D eigenvalue weighted by Gasteiger charge is -2.40. The molecule has 0 fully saturated rings. The first-order chi connectivity index (χ1) is 19.1. The molecule has 2 rings (SSSR count). The van der Waals surface area contributed by atoms with Crippen molar-refractivity contribution in [2.24, 2.45) is 0 Å². The molecule has 0 bridgehead atoms. The van der Waals surface area contributed by atoms with Gasteiger partial charge in [-0.1, -0.05) is 50.6 Å². The number of hydrogen-bond acceptors (Lipinski definition) is 5. The Hall–Kier alpha value is -2.76. The third-order valence-corrected chi connectivity index (χ3v) is 11.7. The zero-order valence-corrected chi connectivity index (χ0v) is 27.2. The van der Waals surface area contributed by atoms with Crippen LogP contribution in [-0.4, -0.2) is 55.6 Å². The molecule has 0 radical (unpaired) electrons. The summed E-state index contributed by atoms with van der Waals surface area (Å²) >= 11 is 6.30. The van der Waals surface area contributed by atoms with Crippen LogP contribution in [0.4, 0.5) is 23.7 Å². The molecule has 2 N–H and O–H groups in total. The summed E-state index contributed by atoms with van der Waals surface area (Å²) < 4.78 is 53.3. The number of ether oxygens (including phenoxy) is 1. The van der Waals surface area contributed by atoms with Gasteiger partial charge >= 0.3 is 18.2 Å². The maximum Gasteiger partial charge on any atom is 0.416 e. The summed E-state index contributed by atoms with van der Waals surface area (Å²) in [6, 6.07) is 10.7. The Balaban J connectivity index is 2.36. The van der Waals surface area contributed by atoms with Gasteiger partial charge in [0.1, 0.15) is 5.60 Å². The minimum atomic E-state index is -4.73. The van der Waals surface area contributed by atoms with Crippen molar-refractivity contribution < 1.29 is 37.0 Å². The molecule has 0 saturated heterocycles. The molecule has 42 heavy (non-hydrogen) atoms. The van der Waals surface area contributed by atoms with E-state index in [1.165, 1.54) is 11.0 Å². The fraction of sp³-hybridized carbons (Fsp3) is 0.533. The average Bonchev–Trinajstić information content (AvgIpc) is 2.80. The number of rotatable bonds is 11. The van der Waals surface area contributed by atoms with E-state index in [-0.39, 0.29) is 35.9 Å². The van der Waals surface area contributed by atoms with E-state index in [9.17, 15) is 22.8 Å². The number of hydrogen-bond donors (Lipinski definition) is 2. The maximum absolute atomic E-state index is 13.6. The van der Waals surface area contributed by atoms with E-state index in [0.717, 1.165) is 17.7 Å². The van der Waals surface area contributed by atoms with E-state index in [1.807, 2.05) is 12.1 Å². The Bertz CT molecular complexity index is 1240. The van der Waals surface area contributed by atoms with Crippen LogP contribution in [0.25, 0.3) is 0 Å². The minimum absolute atomic E-state index is 0.0884. The predicted molar refractivity (Wildman–Crippen MR) is 162 cm³/mol. The molecule has 7 nitrogen and oxygen atoms in total. The second-order valence-electron chi connectivity index (χ2n) is 12.7. The van der Waals surface area contributed by atoms with Crippen molar-refractivity contribution >= 4 is 37.7 Å². The van der Waals surface area contributed by atoms with Crippen LogP contribution in [0.1, 0.15) is 64.3 Å². The zero-order chi connectivity index (χ0) is 32.1. The van der Waals surface area contributed by atoms with Gasteiger partial charge in [0.25, 0.3) is 0 Å². The summed E-state index contributed by atoms with van der Waals surface area (Å²) in [7, 11) is -2.33. The molecule has 0 aromatic heterocycles. The average molecular weight is 631 g/mol. The highest BCUT2D eigenvalue weighted by Gasteiger charge is 2.40. The van der Waals surface area contributed by atoms with Gasteiger partial charge in [-0.25, -0.2) is 4.79 Å². The van der Waals surface area contributed by atoms with Crippen molar-refractivity contribution in [2.45, 2.75) is 84.0 Å². The van der Waals surface area contributed by atoms with Crippen molar-refractivity contribution in [2.75, 3.05) is 25.0 Å². The third kappa shape index (κ3) is 10.8. The van der Waals surface area contributed by atoms with E-state index in [4.69, 9.17) is 25.9 Å². The molecule has 0 saturated carbocycles. The van der Waals surface area contributed by atoms with Crippen LogP contribution < -0.4 is 5.32 Å². The number of aliphatic carboxylic acids is 1. The second-order valence-corrected chi connectivity index (χ2v) is 17.9. The lowest BCUT2D eigenvalue weighted by molar-refractivity contribution is -0.139. The highest BCUT2D eigenvalue weighted by Crippen LogP contribution is 2.40. The number of anilines is 1. The van der Waals surface area contributed by atoms with Gasteiger partial charge in [-0.2, -0.15) is 13.2 Å². The number of alkyl halides is 3. The minimum Gasteiger partial charge on any atom is -0.481 e. The molecule has 234 valence electrons. The summed E-state index contributed by atoms with van der Waals surface area (Å²) in [6.07, 6.45) is -6.61.